The summed E-state index contributed by atoms with van der Waals surface area (Å²) in [5, 5.41) is 15.1. The zero-order valence-corrected chi connectivity index (χ0v) is 9.64. The van der Waals surface area contributed by atoms with Crippen LogP contribution in [0.25, 0.3) is 0 Å². The summed E-state index contributed by atoms with van der Waals surface area (Å²) in [6, 6.07) is 0.854. The average molecular weight is 209 g/mol. The minimum atomic E-state index is 0.232. The molecule has 1 aliphatic carbocycles. The fourth-order valence-electron chi connectivity index (χ4n) is 2.39. The van der Waals surface area contributed by atoms with Crippen molar-refractivity contribution < 1.29 is 0 Å². The molecule has 0 spiro atoms. The highest BCUT2D eigenvalue weighted by atomic mass is 15.5. The maximum absolute atomic E-state index is 4.02. The molecule has 0 saturated heterocycles. The van der Waals surface area contributed by atoms with Crippen LogP contribution < -0.4 is 5.32 Å². The predicted octanol–water partition coefficient (Wildman–Crippen LogP) is 1.05. The summed E-state index contributed by atoms with van der Waals surface area (Å²) >= 11 is 0. The molecule has 15 heavy (non-hydrogen) atoms. The lowest BCUT2D eigenvalue weighted by Crippen LogP contribution is -2.34. The molecule has 0 aliphatic heterocycles. The third-order valence-corrected chi connectivity index (χ3v) is 3.37. The molecular weight excluding hydrogens is 190 g/mol. The van der Waals surface area contributed by atoms with Crippen molar-refractivity contribution in [2.75, 3.05) is 0 Å². The molecule has 84 valence electrons. The van der Waals surface area contributed by atoms with E-state index in [-0.39, 0.29) is 6.04 Å². The molecular formula is C10H19N5. The van der Waals surface area contributed by atoms with Gasteiger partial charge in [-0.25, -0.2) is 4.68 Å². The fraction of sp³-hybridized carbons (Fsp3) is 0.900. The van der Waals surface area contributed by atoms with Gasteiger partial charge in [0.25, 0.3) is 0 Å². The Morgan fingerprint density at radius 2 is 2.27 bits per heavy atom. The monoisotopic (exact) mass is 209 g/mol. The van der Waals surface area contributed by atoms with Crippen molar-refractivity contribution in [2.24, 2.45) is 13.0 Å². The van der Waals surface area contributed by atoms with E-state index in [1.807, 2.05) is 7.05 Å². The largest absolute Gasteiger partial charge is 0.304 e. The van der Waals surface area contributed by atoms with Crippen LogP contribution in [0.15, 0.2) is 0 Å². The minimum absolute atomic E-state index is 0.232. The summed E-state index contributed by atoms with van der Waals surface area (Å²) in [5.41, 5.74) is 0. The van der Waals surface area contributed by atoms with Gasteiger partial charge in [-0.1, -0.05) is 13.3 Å². The molecule has 1 N–H and O–H groups in total. The van der Waals surface area contributed by atoms with Gasteiger partial charge < -0.3 is 5.32 Å². The highest BCUT2D eigenvalue weighted by Crippen LogP contribution is 2.26. The Bertz CT molecular complexity index is 321. The van der Waals surface area contributed by atoms with Crippen LogP contribution in [0.2, 0.25) is 0 Å². The normalized spacial score (nSPS) is 28.2. The van der Waals surface area contributed by atoms with Gasteiger partial charge in [0.2, 0.25) is 0 Å². The molecule has 1 heterocycles. The average Bonchev–Trinajstić information content (AvgIpc) is 2.76. The molecule has 1 aromatic rings. The molecule has 5 nitrogen and oxygen atoms in total. The van der Waals surface area contributed by atoms with E-state index >= 15 is 0 Å². The van der Waals surface area contributed by atoms with E-state index in [9.17, 15) is 0 Å². The van der Waals surface area contributed by atoms with E-state index in [2.05, 4.69) is 34.7 Å². The Hall–Kier alpha value is -0.970. The summed E-state index contributed by atoms with van der Waals surface area (Å²) in [5.74, 6) is 1.68. The topological polar surface area (TPSA) is 55.6 Å². The maximum Gasteiger partial charge on any atom is 0.167 e. The Kier molecular flexibility index (Phi) is 3.00. The van der Waals surface area contributed by atoms with Crippen molar-refractivity contribution in [3.63, 3.8) is 0 Å². The Labute approximate surface area is 90.2 Å². The van der Waals surface area contributed by atoms with Gasteiger partial charge in [0.05, 0.1) is 6.04 Å². The lowest BCUT2D eigenvalue weighted by Gasteiger charge is -2.21. The van der Waals surface area contributed by atoms with Crippen molar-refractivity contribution >= 4 is 0 Å². The van der Waals surface area contributed by atoms with Gasteiger partial charge >= 0.3 is 0 Å². The quantitative estimate of drug-likeness (QED) is 0.808. The summed E-state index contributed by atoms with van der Waals surface area (Å²) in [6.45, 7) is 4.43. The molecule has 0 bridgehead atoms. The molecule has 1 fully saturated rings. The first kappa shape index (κ1) is 10.5. The lowest BCUT2D eigenvalue weighted by molar-refractivity contribution is 0.374. The summed E-state index contributed by atoms with van der Waals surface area (Å²) in [6.07, 6.45) is 3.95. The van der Waals surface area contributed by atoms with Gasteiger partial charge in [-0.3, -0.25) is 0 Å². The number of hydrogen-bond donors (Lipinski definition) is 1. The van der Waals surface area contributed by atoms with E-state index in [1.54, 1.807) is 4.68 Å². The molecule has 3 atom stereocenters. The van der Waals surface area contributed by atoms with Crippen LogP contribution >= 0.6 is 0 Å². The molecule has 1 aliphatic rings. The third-order valence-electron chi connectivity index (χ3n) is 3.37. The van der Waals surface area contributed by atoms with E-state index < -0.39 is 0 Å². The number of rotatable bonds is 3. The van der Waals surface area contributed by atoms with Crippen molar-refractivity contribution in [1.29, 1.82) is 0 Å². The summed E-state index contributed by atoms with van der Waals surface area (Å²) in [7, 11) is 1.88. The van der Waals surface area contributed by atoms with Gasteiger partial charge in [-0.15, -0.1) is 5.10 Å². The van der Waals surface area contributed by atoms with Gasteiger partial charge in [0.15, 0.2) is 5.82 Å². The number of nitrogens with zero attached hydrogens (tertiary/aromatic N) is 4. The molecule has 1 aromatic heterocycles. The van der Waals surface area contributed by atoms with Crippen molar-refractivity contribution in [3.8, 4) is 0 Å². The van der Waals surface area contributed by atoms with Crippen LogP contribution in [-0.4, -0.2) is 26.2 Å². The second-order valence-corrected chi connectivity index (χ2v) is 4.56. The lowest BCUT2D eigenvalue weighted by atomic mass is 10.1. The third kappa shape index (κ3) is 2.17. The molecule has 5 heteroatoms. The molecule has 3 unspecified atom stereocenters. The van der Waals surface area contributed by atoms with Crippen LogP contribution in [0, 0.1) is 5.92 Å². The van der Waals surface area contributed by atoms with Crippen LogP contribution in [-0.2, 0) is 7.05 Å². The van der Waals surface area contributed by atoms with Gasteiger partial charge in [-0.05, 0) is 36.1 Å². The zero-order valence-electron chi connectivity index (χ0n) is 9.64. The standard InChI is InChI=1S/C10H19N5/c1-7-5-4-6-9(7)11-8(2)10-12-13-14-15(10)3/h7-9,11H,4-6H2,1-3H3. The molecule has 0 radical (unpaired) electrons. The highest BCUT2D eigenvalue weighted by Gasteiger charge is 2.25. The molecule has 1 saturated carbocycles. The summed E-state index contributed by atoms with van der Waals surface area (Å²) < 4.78 is 1.73. The Morgan fingerprint density at radius 3 is 2.80 bits per heavy atom. The first-order valence-electron chi connectivity index (χ1n) is 5.66. The summed E-state index contributed by atoms with van der Waals surface area (Å²) in [4.78, 5) is 0. The first-order chi connectivity index (χ1) is 7.18. The SMILES string of the molecule is CC(NC1CCCC1C)c1nnnn1C. The minimum Gasteiger partial charge on any atom is -0.304 e. The fourth-order valence-corrected chi connectivity index (χ4v) is 2.39. The van der Waals surface area contributed by atoms with Gasteiger partial charge in [0.1, 0.15) is 0 Å². The van der Waals surface area contributed by atoms with Crippen LogP contribution in [0.5, 0.6) is 0 Å². The van der Waals surface area contributed by atoms with E-state index in [0.29, 0.717) is 6.04 Å². The van der Waals surface area contributed by atoms with E-state index in [4.69, 9.17) is 0 Å². The number of hydrogen-bond acceptors (Lipinski definition) is 4. The van der Waals surface area contributed by atoms with Crippen LogP contribution in [0.3, 0.4) is 0 Å². The molecule has 0 amide bonds. The number of nitrogens with one attached hydrogen (secondary N) is 1. The Morgan fingerprint density at radius 1 is 1.47 bits per heavy atom. The smallest absolute Gasteiger partial charge is 0.167 e. The van der Waals surface area contributed by atoms with Crippen LogP contribution in [0.1, 0.15) is 45.0 Å². The first-order valence-corrected chi connectivity index (χ1v) is 5.66. The number of tetrazole rings is 1. The Balaban J connectivity index is 1.97. The maximum atomic E-state index is 4.02. The zero-order chi connectivity index (χ0) is 10.8. The molecule has 2 rings (SSSR count). The highest BCUT2D eigenvalue weighted by molar-refractivity contribution is 4.92. The van der Waals surface area contributed by atoms with Gasteiger partial charge in [-0.2, -0.15) is 0 Å². The van der Waals surface area contributed by atoms with Crippen LogP contribution in [0.4, 0.5) is 0 Å². The van der Waals surface area contributed by atoms with Crippen molar-refractivity contribution in [1.82, 2.24) is 25.5 Å². The van der Waals surface area contributed by atoms with E-state index in [0.717, 1.165) is 11.7 Å². The number of aryl methyl sites for hydroxylation is 1. The predicted molar refractivity (Wildman–Crippen MR) is 57.2 cm³/mol. The van der Waals surface area contributed by atoms with E-state index in [1.165, 1.54) is 19.3 Å². The second kappa shape index (κ2) is 4.26. The number of aromatic nitrogens is 4. The van der Waals surface area contributed by atoms with Gasteiger partial charge in [0, 0.05) is 13.1 Å². The second-order valence-electron chi connectivity index (χ2n) is 4.56. The molecule has 0 aromatic carbocycles. The van der Waals surface area contributed by atoms with Crippen molar-refractivity contribution in [3.05, 3.63) is 5.82 Å². The van der Waals surface area contributed by atoms with Crippen molar-refractivity contribution in [2.45, 2.75) is 45.2 Å².